The van der Waals surface area contributed by atoms with Gasteiger partial charge in [0.05, 0.1) is 11.0 Å². The molecule has 0 aliphatic carbocycles. The molecule has 1 aromatic carbocycles. The fourth-order valence-corrected chi connectivity index (χ4v) is 1.88. The van der Waals surface area contributed by atoms with E-state index in [1.807, 2.05) is 0 Å². The van der Waals surface area contributed by atoms with Gasteiger partial charge in [-0.05, 0) is 18.2 Å². The molecule has 0 spiro atoms. The lowest BCUT2D eigenvalue weighted by atomic mass is 10.3. The standard InChI is InChI=1S/C13H11N5O3/c1-14-12-15-5-4-9(18-12)11-16-8-3-2-7(21-13(19)20)6-10(8)17-11/h2-6H,1H3,(H,16,17)(H,19,20)(H,14,15,18). The van der Waals surface area contributed by atoms with Crippen molar-refractivity contribution in [1.29, 1.82) is 0 Å². The Balaban J connectivity index is 2.02. The Hall–Kier alpha value is -3.16. The number of ether oxygens (including phenoxy) is 1. The molecule has 2 aromatic heterocycles. The van der Waals surface area contributed by atoms with E-state index < -0.39 is 6.16 Å². The number of H-pyrrole nitrogens is 1. The molecular formula is C13H11N5O3. The fraction of sp³-hybridized carbons (Fsp3) is 0.0769. The smallest absolute Gasteiger partial charge is 0.449 e. The minimum absolute atomic E-state index is 0.214. The second-order valence-corrected chi connectivity index (χ2v) is 4.15. The molecule has 0 fully saturated rings. The SMILES string of the molecule is CNc1nccc(-c2nc3cc(OC(=O)O)ccc3[nH]2)n1. The molecule has 0 unspecified atom stereocenters. The number of benzene rings is 1. The summed E-state index contributed by atoms with van der Waals surface area (Å²) in [7, 11) is 1.73. The van der Waals surface area contributed by atoms with Crippen molar-refractivity contribution in [1.82, 2.24) is 19.9 Å². The number of hydrogen-bond donors (Lipinski definition) is 3. The van der Waals surface area contributed by atoms with E-state index in [9.17, 15) is 4.79 Å². The highest BCUT2D eigenvalue weighted by atomic mass is 16.7. The number of carboxylic acid groups (broad SMARTS) is 1. The van der Waals surface area contributed by atoms with Gasteiger partial charge in [0.25, 0.3) is 0 Å². The Kier molecular flexibility index (Phi) is 3.11. The first kappa shape index (κ1) is 12.9. The summed E-state index contributed by atoms with van der Waals surface area (Å²) in [4.78, 5) is 26.3. The molecule has 106 valence electrons. The van der Waals surface area contributed by atoms with Crippen molar-refractivity contribution in [2.45, 2.75) is 0 Å². The number of nitrogens with zero attached hydrogens (tertiary/aromatic N) is 3. The number of fused-ring (bicyclic) bond motifs is 1. The van der Waals surface area contributed by atoms with Crippen LogP contribution in [-0.2, 0) is 0 Å². The third kappa shape index (κ3) is 2.59. The van der Waals surface area contributed by atoms with Gasteiger partial charge in [-0.1, -0.05) is 0 Å². The van der Waals surface area contributed by atoms with Crippen LogP contribution in [0.15, 0.2) is 30.5 Å². The maximum absolute atomic E-state index is 10.5. The quantitative estimate of drug-likeness (QED) is 0.499. The summed E-state index contributed by atoms with van der Waals surface area (Å²) in [6, 6.07) is 6.53. The molecule has 21 heavy (non-hydrogen) atoms. The molecule has 0 aliphatic rings. The number of imidazole rings is 1. The van der Waals surface area contributed by atoms with E-state index in [0.717, 1.165) is 5.52 Å². The molecule has 0 amide bonds. The van der Waals surface area contributed by atoms with E-state index in [-0.39, 0.29) is 5.75 Å². The summed E-state index contributed by atoms with van der Waals surface area (Å²) < 4.78 is 4.60. The summed E-state index contributed by atoms with van der Waals surface area (Å²) >= 11 is 0. The summed E-state index contributed by atoms with van der Waals surface area (Å²) in [5.41, 5.74) is 1.98. The van der Waals surface area contributed by atoms with Crippen LogP contribution in [0.25, 0.3) is 22.6 Å². The predicted molar refractivity (Wildman–Crippen MR) is 75.3 cm³/mol. The van der Waals surface area contributed by atoms with Crippen molar-refractivity contribution < 1.29 is 14.6 Å². The Morgan fingerprint density at radius 3 is 2.95 bits per heavy atom. The largest absolute Gasteiger partial charge is 0.511 e. The first-order valence-corrected chi connectivity index (χ1v) is 6.07. The number of nitrogens with one attached hydrogen (secondary N) is 2. The third-order valence-corrected chi connectivity index (χ3v) is 2.78. The summed E-state index contributed by atoms with van der Waals surface area (Å²) in [6.07, 6.45) is 0.264. The van der Waals surface area contributed by atoms with Gasteiger partial charge >= 0.3 is 6.16 Å². The van der Waals surface area contributed by atoms with Crippen LogP contribution in [0.5, 0.6) is 5.75 Å². The highest BCUT2D eigenvalue weighted by Crippen LogP contribution is 2.23. The van der Waals surface area contributed by atoms with Crippen molar-refractivity contribution in [3.05, 3.63) is 30.5 Å². The zero-order chi connectivity index (χ0) is 14.8. The second-order valence-electron chi connectivity index (χ2n) is 4.15. The number of hydrogen-bond acceptors (Lipinski definition) is 6. The van der Waals surface area contributed by atoms with Gasteiger partial charge in [-0.3, -0.25) is 0 Å². The number of carbonyl (C=O) groups is 1. The minimum atomic E-state index is -1.36. The summed E-state index contributed by atoms with van der Waals surface area (Å²) in [5, 5.41) is 11.5. The van der Waals surface area contributed by atoms with Crippen LogP contribution in [0.3, 0.4) is 0 Å². The van der Waals surface area contributed by atoms with E-state index in [4.69, 9.17) is 5.11 Å². The van der Waals surface area contributed by atoms with Crippen molar-refractivity contribution in [3.63, 3.8) is 0 Å². The molecule has 2 heterocycles. The van der Waals surface area contributed by atoms with Gasteiger partial charge in [0.1, 0.15) is 11.4 Å². The van der Waals surface area contributed by atoms with Gasteiger partial charge in [0, 0.05) is 19.3 Å². The topological polar surface area (TPSA) is 113 Å². The van der Waals surface area contributed by atoms with Crippen molar-refractivity contribution in [2.75, 3.05) is 12.4 Å². The Morgan fingerprint density at radius 1 is 1.33 bits per heavy atom. The van der Waals surface area contributed by atoms with Gasteiger partial charge < -0.3 is 20.1 Å². The molecule has 3 rings (SSSR count). The van der Waals surface area contributed by atoms with Crippen molar-refractivity contribution in [2.24, 2.45) is 0 Å². The maximum atomic E-state index is 10.5. The van der Waals surface area contributed by atoms with Gasteiger partial charge in [-0.15, -0.1) is 0 Å². The molecule has 0 bridgehead atoms. The van der Waals surface area contributed by atoms with Gasteiger partial charge in [-0.2, -0.15) is 0 Å². The second kappa shape index (κ2) is 5.08. The van der Waals surface area contributed by atoms with Crippen LogP contribution in [0.2, 0.25) is 0 Å². The van der Waals surface area contributed by atoms with E-state index in [0.29, 0.717) is 23.0 Å². The number of rotatable bonds is 3. The highest BCUT2D eigenvalue weighted by Gasteiger charge is 2.09. The predicted octanol–water partition coefficient (Wildman–Crippen LogP) is 2.12. The van der Waals surface area contributed by atoms with Gasteiger partial charge in [-0.25, -0.2) is 19.7 Å². The lowest BCUT2D eigenvalue weighted by Crippen LogP contribution is -2.02. The van der Waals surface area contributed by atoms with Crippen molar-refractivity contribution >= 4 is 23.1 Å². The Morgan fingerprint density at radius 2 is 2.19 bits per heavy atom. The minimum Gasteiger partial charge on any atom is -0.449 e. The van der Waals surface area contributed by atoms with E-state index in [2.05, 4.69) is 30.0 Å². The first-order valence-electron chi connectivity index (χ1n) is 6.07. The molecule has 0 saturated heterocycles. The molecule has 8 nitrogen and oxygen atoms in total. The maximum Gasteiger partial charge on any atom is 0.511 e. The first-order chi connectivity index (χ1) is 10.2. The molecule has 0 radical (unpaired) electrons. The number of anilines is 1. The molecule has 0 saturated carbocycles. The van der Waals surface area contributed by atoms with Crippen LogP contribution in [0.1, 0.15) is 0 Å². The average Bonchev–Trinajstić information content (AvgIpc) is 2.90. The summed E-state index contributed by atoms with van der Waals surface area (Å²) in [6.45, 7) is 0. The van der Waals surface area contributed by atoms with E-state index in [1.165, 1.54) is 0 Å². The van der Waals surface area contributed by atoms with E-state index in [1.54, 1.807) is 37.5 Å². The molecule has 3 aromatic rings. The highest BCUT2D eigenvalue weighted by molar-refractivity contribution is 5.80. The Labute approximate surface area is 118 Å². The van der Waals surface area contributed by atoms with Crippen LogP contribution in [0, 0.1) is 0 Å². The van der Waals surface area contributed by atoms with Gasteiger partial charge in [0.2, 0.25) is 5.95 Å². The lowest BCUT2D eigenvalue weighted by Gasteiger charge is -1.99. The van der Waals surface area contributed by atoms with Crippen LogP contribution in [0.4, 0.5) is 10.7 Å². The molecule has 0 aliphatic heterocycles. The summed E-state index contributed by atoms with van der Waals surface area (Å²) in [5.74, 6) is 1.27. The third-order valence-electron chi connectivity index (χ3n) is 2.78. The fourth-order valence-electron chi connectivity index (χ4n) is 1.88. The Bertz CT molecular complexity index is 814. The normalized spacial score (nSPS) is 10.5. The lowest BCUT2D eigenvalue weighted by molar-refractivity contribution is 0.144. The van der Waals surface area contributed by atoms with Crippen LogP contribution in [-0.4, -0.2) is 38.2 Å². The monoisotopic (exact) mass is 285 g/mol. The molecule has 0 atom stereocenters. The zero-order valence-corrected chi connectivity index (χ0v) is 11.0. The number of aromatic nitrogens is 4. The number of aromatic amines is 1. The van der Waals surface area contributed by atoms with Crippen LogP contribution >= 0.6 is 0 Å². The van der Waals surface area contributed by atoms with E-state index >= 15 is 0 Å². The molecule has 3 N–H and O–H groups in total. The molecular weight excluding hydrogens is 274 g/mol. The van der Waals surface area contributed by atoms with Crippen LogP contribution < -0.4 is 10.1 Å². The molecule has 8 heteroatoms. The zero-order valence-electron chi connectivity index (χ0n) is 11.0. The van der Waals surface area contributed by atoms with Gasteiger partial charge in [0.15, 0.2) is 5.82 Å². The average molecular weight is 285 g/mol. The van der Waals surface area contributed by atoms with Crippen molar-refractivity contribution in [3.8, 4) is 17.3 Å².